The first-order valence-electron chi connectivity index (χ1n) is 9.26. The van der Waals surface area contributed by atoms with Gasteiger partial charge in [-0.05, 0) is 51.0 Å². The minimum atomic E-state index is -0.529. The highest BCUT2D eigenvalue weighted by molar-refractivity contribution is 5.68. The first-order chi connectivity index (χ1) is 12.7. The topological polar surface area (TPSA) is 78.3 Å². The number of methoxy groups -OCH3 is 1. The fourth-order valence-electron chi connectivity index (χ4n) is 2.59. The molecule has 0 bridgehead atoms. The summed E-state index contributed by atoms with van der Waals surface area (Å²) < 4.78 is 12.3. The first-order valence-corrected chi connectivity index (χ1v) is 9.26. The van der Waals surface area contributed by atoms with Crippen molar-refractivity contribution in [2.45, 2.75) is 59.2 Å². The number of aromatic nitrogens is 3. The number of benzene rings is 1. The van der Waals surface area contributed by atoms with Crippen LogP contribution in [-0.2, 0) is 11.3 Å². The molecule has 2 atom stereocenters. The molecule has 7 nitrogen and oxygen atoms in total. The molecule has 1 heterocycles. The number of nitrogens with one attached hydrogen (secondary N) is 1. The van der Waals surface area contributed by atoms with E-state index in [-0.39, 0.29) is 12.0 Å². The van der Waals surface area contributed by atoms with Crippen LogP contribution >= 0.6 is 0 Å². The van der Waals surface area contributed by atoms with Gasteiger partial charge >= 0.3 is 6.09 Å². The number of hydrogen-bond donors (Lipinski definition) is 1. The summed E-state index contributed by atoms with van der Waals surface area (Å²) in [5.41, 5.74) is 1.21. The maximum atomic E-state index is 12.2. The second-order valence-corrected chi connectivity index (χ2v) is 7.69. The van der Waals surface area contributed by atoms with E-state index in [1.165, 1.54) is 0 Å². The van der Waals surface area contributed by atoms with Crippen LogP contribution in [0.2, 0.25) is 0 Å². The van der Waals surface area contributed by atoms with Crippen molar-refractivity contribution < 1.29 is 14.3 Å². The summed E-state index contributed by atoms with van der Waals surface area (Å²) in [6, 6.07) is 7.56. The van der Waals surface area contributed by atoms with Crippen LogP contribution in [0.3, 0.4) is 0 Å². The third kappa shape index (κ3) is 6.27. The summed E-state index contributed by atoms with van der Waals surface area (Å²) in [6.45, 7) is 10.3. The van der Waals surface area contributed by atoms with Crippen molar-refractivity contribution in [2.75, 3.05) is 7.11 Å². The van der Waals surface area contributed by atoms with Crippen molar-refractivity contribution in [1.82, 2.24) is 20.3 Å². The van der Waals surface area contributed by atoms with E-state index < -0.39 is 11.7 Å². The predicted molar refractivity (Wildman–Crippen MR) is 105 cm³/mol. The number of rotatable bonds is 7. The fourth-order valence-corrected chi connectivity index (χ4v) is 2.59. The quantitative estimate of drug-likeness (QED) is 0.795. The molecule has 0 aliphatic heterocycles. The summed E-state index contributed by atoms with van der Waals surface area (Å²) in [5.74, 6) is 1.07. The lowest BCUT2D eigenvalue weighted by Gasteiger charge is -2.26. The van der Waals surface area contributed by atoms with Crippen molar-refractivity contribution in [1.29, 1.82) is 0 Å². The van der Waals surface area contributed by atoms with Crippen molar-refractivity contribution in [3.63, 3.8) is 0 Å². The summed E-state index contributed by atoms with van der Waals surface area (Å²) in [6.07, 6.45) is 2.40. The van der Waals surface area contributed by atoms with E-state index in [1.807, 2.05) is 51.2 Å². The largest absolute Gasteiger partial charge is 0.497 e. The van der Waals surface area contributed by atoms with Crippen LogP contribution in [0.1, 0.15) is 41.0 Å². The molecule has 1 aromatic carbocycles. The van der Waals surface area contributed by atoms with Crippen LogP contribution in [0.4, 0.5) is 4.79 Å². The molecule has 2 aromatic rings. The standard InChI is InChI=1S/C20H30N4O3/c1-7-14(2)17(21-19(25)27-20(3,4)5)12-24-13-18(22-23-24)15-8-10-16(26-6)11-9-15/h8-11,13-14,17H,7,12H2,1-6H3,(H,21,25)/t14-,17+/m0/s1. The van der Waals surface area contributed by atoms with Gasteiger partial charge in [0.1, 0.15) is 17.0 Å². The molecule has 1 N–H and O–H groups in total. The SMILES string of the molecule is CC[C@H](C)[C@@H](Cn1cc(-c2ccc(OC)cc2)nn1)NC(=O)OC(C)(C)C. The van der Waals surface area contributed by atoms with Crippen LogP contribution in [0.25, 0.3) is 11.3 Å². The van der Waals surface area contributed by atoms with Gasteiger partial charge in [-0.2, -0.15) is 0 Å². The Balaban J connectivity index is 2.08. The van der Waals surface area contributed by atoms with Crippen molar-refractivity contribution in [3.8, 4) is 17.0 Å². The number of alkyl carbamates (subject to hydrolysis) is 1. The summed E-state index contributed by atoms with van der Waals surface area (Å²) in [7, 11) is 1.64. The van der Waals surface area contributed by atoms with E-state index in [4.69, 9.17) is 9.47 Å². The molecule has 1 aromatic heterocycles. The zero-order chi connectivity index (χ0) is 20.0. The highest BCUT2D eigenvalue weighted by atomic mass is 16.6. The lowest BCUT2D eigenvalue weighted by Crippen LogP contribution is -2.44. The third-order valence-corrected chi connectivity index (χ3v) is 4.34. The molecule has 27 heavy (non-hydrogen) atoms. The molecule has 0 saturated carbocycles. The zero-order valence-electron chi connectivity index (χ0n) is 17.0. The fraction of sp³-hybridized carbons (Fsp3) is 0.550. The van der Waals surface area contributed by atoms with E-state index in [1.54, 1.807) is 11.8 Å². The number of hydrogen-bond acceptors (Lipinski definition) is 5. The third-order valence-electron chi connectivity index (χ3n) is 4.34. The van der Waals surface area contributed by atoms with Gasteiger partial charge in [0, 0.05) is 5.56 Å². The molecule has 2 rings (SSSR count). The van der Waals surface area contributed by atoms with E-state index in [0.717, 1.165) is 23.4 Å². The maximum absolute atomic E-state index is 12.2. The van der Waals surface area contributed by atoms with Gasteiger partial charge in [-0.1, -0.05) is 25.5 Å². The van der Waals surface area contributed by atoms with Gasteiger partial charge in [-0.15, -0.1) is 5.10 Å². The number of amides is 1. The Morgan fingerprint density at radius 1 is 1.26 bits per heavy atom. The monoisotopic (exact) mass is 374 g/mol. The molecule has 0 aliphatic carbocycles. The average Bonchev–Trinajstić information content (AvgIpc) is 3.07. The molecular weight excluding hydrogens is 344 g/mol. The lowest BCUT2D eigenvalue weighted by molar-refractivity contribution is 0.0479. The van der Waals surface area contributed by atoms with Crippen LogP contribution in [-0.4, -0.2) is 39.8 Å². The lowest BCUT2D eigenvalue weighted by atomic mass is 9.99. The van der Waals surface area contributed by atoms with Crippen LogP contribution in [0.5, 0.6) is 5.75 Å². The minimum Gasteiger partial charge on any atom is -0.497 e. The summed E-state index contributed by atoms with van der Waals surface area (Å²) in [5, 5.41) is 11.4. The molecule has 0 aliphatic rings. The summed E-state index contributed by atoms with van der Waals surface area (Å²) in [4.78, 5) is 12.2. The minimum absolute atomic E-state index is 0.102. The van der Waals surface area contributed by atoms with E-state index in [0.29, 0.717) is 6.54 Å². The van der Waals surface area contributed by atoms with Crippen molar-refractivity contribution >= 4 is 6.09 Å². The molecule has 0 saturated heterocycles. The Kier molecular flexibility index (Phi) is 6.82. The number of ether oxygens (including phenoxy) is 2. The number of carbonyl (C=O) groups excluding carboxylic acids is 1. The Labute approximate surface area is 161 Å². The Hall–Kier alpha value is -2.57. The van der Waals surface area contributed by atoms with Crippen LogP contribution < -0.4 is 10.1 Å². The molecule has 7 heteroatoms. The molecule has 1 amide bonds. The smallest absolute Gasteiger partial charge is 0.407 e. The van der Waals surface area contributed by atoms with Gasteiger partial charge in [-0.25, -0.2) is 9.48 Å². The van der Waals surface area contributed by atoms with Crippen LogP contribution in [0.15, 0.2) is 30.5 Å². The Morgan fingerprint density at radius 3 is 2.48 bits per heavy atom. The molecule has 148 valence electrons. The van der Waals surface area contributed by atoms with Crippen molar-refractivity contribution in [2.24, 2.45) is 5.92 Å². The van der Waals surface area contributed by atoms with E-state index >= 15 is 0 Å². The molecular formula is C20H30N4O3. The molecule has 0 spiro atoms. The highest BCUT2D eigenvalue weighted by Crippen LogP contribution is 2.20. The molecule has 0 unspecified atom stereocenters. The van der Waals surface area contributed by atoms with Gasteiger partial charge in [0.15, 0.2) is 0 Å². The maximum Gasteiger partial charge on any atom is 0.407 e. The number of carbonyl (C=O) groups is 1. The predicted octanol–water partition coefficient (Wildman–Crippen LogP) is 3.89. The molecule has 0 fully saturated rings. The Bertz CT molecular complexity index is 734. The van der Waals surface area contributed by atoms with Gasteiger partial charge in [0.05, 0.1) is 25.9 Å². The zero-order valence-corrected chi connectivity index (χ0v) is 17.0. The van der Waals surface area contributed by atoms with Gasteiger partial charge in [0.25, 0.3) is 0 Å². The van der Waals surface area contributed by atoms with Crippen molar-refractivity contribution in [3.05, 3.63) is 30.5 Å². The van der Waals surface area contributed by atoms with E-state index in [9.17, 15) is 4.79 Å². The second kappa shape index (κ2) is 8.88. The van der Waals surface area contributed by atoms with Gasteiger partial charge in [0.2, 0.25) is 0 Å². The van der Waals surface area contributed by atoms with Gasteiger partial charge < -0.3 is 14.8 Å². The average molecular weight is 374 g/mol. The normalized spacial score (nSPS) is 13.7. The van der Waals surface area contributed by atoms with Crippen LogP contribution in [0, 0.1) is 5.92 Å². The Morgan fingerprint density at radius 2 is 1.93 bits per heavy atom. The summed E-state index contributed by atoms with van der Waals surface area (Å²) >= 11 is 0. The second-order valence-electron chi connectivity index (χ2n) is 7.69. The number of nitrogens with zero attached hydrogens (tertiary/aromatic N) is 3. The molecule has 0 radical (unpaired) electrons. The highest BCUT2D eigenvalue weighted by Gasteiger charge is 2.23. The first kappa shape index (κ1) is 20.7. The van der Waals surface area contributed by atoms with E-state index in [2.05, 4.69) is 29.5 Å². The van der Waals surface area contributed by atoms with Gasteiger partial charge in [-0.3, -0.25) is 0 Å².